The predicted octanol–water partition coefficient (Wildman–Crippen LogP) is 3.45. The highest BCUT2D eigenvalue weighted by atomic mass is 35.5. The lowest BCUT2D eigenvalue weighted by Crippen LogP contribution is -2.11. The van der Waals surface area contributed by atoms with E-state index < -0.39 is 9.84 Å². The highest BCUT2D eigenvalue weighted by molar-refractivity contribution is 7.90. The summed E-state index contributed by atoms with van der Waals surface area (Å²) < 4.78 is 23.8. The van der Waals surface area contributed by atoms with Gasteiger partial charge in [0.15, 0.2) is 9.84 Å². The fourth-order valence-corrected chi connectivity index (χ4v) is 3.30. The molecule has 0 saturated heterocycles. The number of amides is 1. The van der Waals surface area contributed by atoms with Crippen molar-refractivity contribution >= 4 is 33.0 Å². The van der Waals surface area contributed by atoms with Crippen molar-refractivity contribution < 1.29 is 13.2 Å². The molecule has 0 saturated carbocycles. The summed E-state index contributed by atoms with van der Waals surface area (Å²) in [7, 11) is -3.41. The number of anilines is 1. The van der Waals surface area contributed by atoms with E-state index in [1.54, 1.807) is 42.5 Å². The largest absolute Gasteiger partial charge is 0.321 e. The molecule has 0 aliphatic heterocycles. The van der Waals surface area contributed by atoms with E-state index in [1.807, 2.05) is 0 Å². The standard InChI is InChI=1S/C18H14ClN3O3S/c1-26(24,25)15-3-2-10-20-17(15)12-4-6-13(7-5-12)18(23)22-14-8-9-16(19)21-11-14/h2-11H,1H3,(H,22,23). The first-order chi connectivity index (χ1) is 12.3. The third kappa shape index (κ3) is 4.07. The molecule has 0 radical (unpaired) electrons. The molecule has 0 atom stereocenters. The van der Waals surface area contributed by atoms with Crippen molar-refractivity contribution in [3.05, 3.63) is 71.6 Å². The van der Waals surface area contributed by atoms with Gasteiger partial charge in [-0.3, -0.25) is 9.78 Å². The molecule has 132 valence electrons. The first kappa shape index (κ1) is 18.0. The number of nitrogens with zero attached hydrogens (tertiary/aromatic N) is 2. The molecular weight excluding hydrogens is 374 g/mol. The Morgan fingerprint density at radius 3 is 2.38 bits per heavy atom. The predicted molar refractivity (Wildman–Crippen MR) is 100.0 cm³/mol. The molecule has 6 nitrogen and oxygen atoms in total. The number of benzene rings is 1. The lowest BCUT2D eigenvalue weighted by atomic mass is 10.1. The van der Waals surface area contributed by atoms with Crippen LogP contribution in [0.25, 0.3) is 11.3 Å². The van der Waals surface area contributed by atoms with Crippen LogP contribution in [0, 0.1) is 0 Å². The monoisotopic (exact) mass is 387 g/mol. The van der Waals surface area contributed by atoms with Gasteiger partial charge in [-0.25, -0.2) is 13.4 Å². The first-order valence-corrected chi connectivity index (χ1v) is 9.80. The van der Waals surface area contributed by atoms with Gasteiger partial charge in [-0.15, -0.1) is 0 Å². The van der Waals surface area contributed by atoms with Crippen LogP contribution >= 0.6 is 11.6 Å². The van der Waals surface area contributed by atoms with Crippen molar-refractivity contribution in [2.24, 2.45) is 0 Å². The second kappa shape index (κ2) is 7.23. The summed E-state index contributed by atoms with van der Waals surface area (Å²) in [6.07, 6.45) is 4.12. The summed E-state index contributed by atoms with van der Waals surface area (Å²) in [4.78, 5) is 20.5. The maximum Gasteiger partial charge on any atom is 0.255 e. The average molecular weight is 388 g/mol. The Labute approximate surface area is 155 Å². The topological polar surface area (TPSA) is 89.0 Å². The third-order valence-corrected chi connectivity index (χ3v) is 4.93. The maximum absolute atomic E-state index is 12.3. The van der Waals surface area contributed by atoms with E-state index in [-0.39, 0.29) is 10.8 Å². The van der Waals surface area contributed by atoms with E-state index in [2.05, 4.69) is 15.3 Å². The molecule has 1 aromatic carbocycles. The second-order valence-electron chi connectivity index (χ2n) is 5.52. The molecule has 3 rings (SSSR count). The fraction of sp³-hybridized carbons (Fsp3) is 0.0556. The summed E-state index contributed by atoms with van der Waals surface area (Å²) in [6, 6.07) is 12.8. The van der Waals surface area contributed by atoms with E-state index in [4.69, 9.17) is 11.6 Å². The molecule has 1 amide bonds. The number of pyridine rings is 2. The zero-order valence-corrected chi connectivity index (χ0v) is 15.3. The van der Waals surface area contributed by atoms with Crippen LogP contribution in [-0.2, 0) is 9.84 Å². The number of carbonyl (C=O) groups excluding carboxylic acids is 1. The highest BCUT2D eigenvalue weighted by Crippen LogP contribution is 2.25. The molecule has 2 aromatic heterocycles. The normalized spacial score (nSPS) is 11.2. The summed E-state index contributed by atoms with van der Waals surface area (Å²) in [5.74, 6) is -0.315. The van der Waals surface area contributed by atoms with Crippen LogP contribution in [0.2, 0.25) is 5.15 Å². The van der Waals surface area contributed by atoms with Gasteiger partial charge in [-0.05, 0) is 36.4 Å². The second-order valence-corrected chi connectivity index (χ2v) is 7.89. The number of carbonyl (C=O) groups is 1. The molecule has 26 heavy (non-hydrogen) atoms. The minimum atomic E-state index is -3.41. The average Bonchev–Trinajstić information content (AvgIpc) is 2.63. The molecule has 0 spiro atoms. The van der Waals surface area contributed by atoms with Crippen molar-refractivity contribution in [1.29, 1.82) is 0 Å². The number of hydrogen-bond donors (Lipinski definition) is 1. The Hall–Kier alpha value is -2.77. The van der Waals surface area contributed by atoms with Gasteiger partial charge in [0.25, 0.3) is 5.91 Å². The van der Waals surface area contributed by atoms with E-state index in [9.17, 15) is 13.2 Å². The Bertz CT molecular complexity index is 1050. The minimum Gasteiger partial charge on any atom is -0.321 e. The van der Waals surface area contributed by atoms with Gasteiger partial charge in [0.1, 0.15) is 5.15 Å². The molecule has 2 heterocycles. The minimum absolute atomic E-state index is 0.143. The van der Waals surface area contributed by atoms with Crippen molar-refractivity contribution in [3.63, 3.8) is 0 Å². The first-order valence-electron chi connectivity index (χ1n) is 7.53. The molecule has 3 aromatic rings. The number of aromatic nitrogens is 2. The maximum atomic E-state index is 12.3. The Morgan fingerprint density at radius 1 is 1.04 bits per heavy atom. The zero-order valence-electron chi connectivity index (χ0n) is 13.7. The molecule has 0 bridgehead atoms. The van der Waals surface area contributed by atoms with E-state index in [0.717, 1.165) is 6.26 Å². The third-order valence-electron chi connectivity index (χ3n) is 3.58. The summed E-state index contributed by atoms with van der Waals surface area (Å²) in [5.41, 5.74) is 1.90. The van der Waals surface area contributed by atoms with Crippen LogP contribution in [0.1, 0.15) is 10.4 Å². The summed E-state index contributed by atoms with van der Waals surface area (Å²) in [5, 5.41) is 3.05. The van der Waals surface area contributed by atoms with Crippen LogP contribution in [0.15, 0.2) is 65.8 Å². The molecular formula is C18H14ClN3O3S. The Kier molecular flexibility index (Phi) is 5.01. The van der Waals surface area contributed by atoms with Crippen LogP contribution in [0.3, 0.4) is 0 Å². The van der Waals surface area contributed by atoms with Gasteiger partial charge < -0.3 is 5.32 Å². The quantitative estimate of drug-likeness (QED) is 0.692. The number of hydrogen-bond acceptors (Lipinski definition) is 5. The Balaban J connectivity index is 1.85. The van der Waals surface area contributed by atoms with E-state index in [0.29, 0.717) is 27.7 Å². The molecule has 8 heteroatoms. The molecule has 0 unspecified atom stereocenters. The van der Waals surface area contributed by atoms with Gasteiger partial charge in [0, 0.05) is 23.6 Å². The Morgan fingerprint density at radius 2 is 1.77 bits per heavy atom. The van der Waals surface area contributed by atoms with Gasteiger partial charge >= 0.3 is 0 Å². The van der Waals surface area contributed by atoms with Crippen molar-refractivity contribution in [2.45, 2.75) is 4.90 Å². The summed E-state index contributed by atoms with van der Waals surface area (Å²) >= 11 is 5.71. The van der Waals surface area contributed by atoms with Gasteiger partial charge in [-0.1, -0.05) is 23.7 Å². The van der Waals surface area contributed by atoms with Crippen LogP contribution in [0.5, 0.6) is 0 Å². The number of nitrogens with one attached hydrogen (secondary N) is 1. The van der Waals surface area contributed by atoms with E-state index >= 15 is 0 Å². The zero-order chi connectivity index (χ0) is 18.7. The van der Waals surface area contributed by atoms with Crippen LogP contribution < -0.4 is 5.32 Å². The SMILES string of the molecule is CS(=O)(=O)c1cccnc1-c1ccc(C(=O)Nc2ccc(Cl)nc2)cc1. The molecule has 0 aliphatic rings. The molecule has 0 aliphatic carbocycles. The number of rotatable bonds is 4. The van der Waals surface area contributed by atoms with Gasteiger partial charge in [0.05, 0.1) is 22.5 Å². The smallest absolute Gasteiger partial charge is 0.255 e. The van der Waals surface area contributed by atoms with Crippen molar-refractivity contribution in [2.75, 3.05) is 11.6 Å². The lowest BCUT2D eigenvalue weighted by Gasteiger charge is -2.08. The highest BCUT2D eigenvalue weighted by Gasteiger charge is 2.16. The molecule has 0 fully saturated rings. The lowest BCUT2D eigenvalue weighted by molar-refractivity contribution is 0.102. The van der Waals surface area contributed by atoms with E-state index in [1.165, 1.54) is 18.5 Å². The van der Waals surface area contributed by atoms with Crippen LogP contribution in [0.4, 0.5) is 5.69 Å². The number of halogens is 1. The molecule has 1 N–H and O–H groups in total. The summed E-state index contributed by atoms with van der Waals surface area (Å²) in [6.45, 7) is 0. The fourth-order valence-electron chi connectivity index (χ4n) is 2.34. The van der Waals surface area contributed by atoms with Crippen molar-refractivity contribution in [1.82, 2.24) is 9.97 Å². The van der Waals surface area contributed by atoms with Gasteiger partial charge in [-0.2, -0.15) is 0 Å². The van der Waals surface area contributed by atoms with Gasteiger partial charge in [0.2, 0.25) is 0 Å². The van der Waals surface area contributed by atoms with Crippen LogP contribution in [-0.4, -0.2) is 30.5 Å². The van der Waals surface area contributed by atoms with Crippen molar-refractivity contribution in [3.8, 4) is 11.3 Å². The number of sulfone groups is 1.